The maximum Gasteiger partial charge on any atom is 0.419 e. The third-order valence-electron chi connectivity index (χ3n) is 4.42. The van der Waals surface area contributed by atoms with E-state index in [0.717, 1.165) is 25.2 Å². The molecule has 1 unspecified atom stereocenters. The number of hydrogen-bond donors (Lipinski definition) is 1. The Bertz CT molecular complexity index is 902. The number of halogens is 1. The topological polar surface area (TPSA) is 89.3 Å². The number of piperazine rings is 1. The molecule has 3 aromatic rings. The zero-order chi connectivity index (χ0) is 16.5. The van der Waals surface area contributed by atoms with Gasteiger partial charge in [0.25, 0.3) is 0 Å². The quantitative estimate of drug-likeness (QED) is 0.743. The van der Waals surface area contributed by atoms with E-state index in [9.17, 15) is 4.79 Å². The van der Waals surface area contributed by atoms with Gasteiger partial charge in [0.05, 0.1) is 11.6 Å². The Labute approximate surface area is 150 Å². The lowest BCUT2D eigenvalue weighted by Crippen LogP contribution is -2.44. The van der Waals surface area contributed by atoms with Crippen molar-refractivity contribution in [3.8, 4) is 0 Å². The van der Waals surface area contributed by atoms with Crippen LogP contribution in [-0.4, -0.2) is 46.3 Å². The minimum Gasteiger partial charge on any atom is -0.408 e. The van der Waals surface area contributed by atoms with Crippen molar-refractivity contribution >= 4 is 23.5 Å². The highest BCUT2D eigenvalue weighted by atomic mass is 35.5. The molecule has 0 saturated carbocycles. The summed E-state index contributed by atoms with van der Waals surface area (Å²) in [5.74, 6) is 0.845. The molecule has 0 radical (unpaired) electrons. The molecule has 1 atom stereocenters. The summed E-state index contributed by atoms with van der Waals surface area (Å²) in [6, 6.07) is 7.49. The first kappa shape index (κ1) is 17.7. The van der Waals surface area contributed by atoms with Crippen LogP contribution in [0.3, 0.4) is 0 Å². The zero-order valence-electron chi connectivity index (χ0n) is 13.8. The molecular formula is C16H20ClN5O3. The van der Waals surface area contributed by atoms with Gasteiger partial charge in [-0.3, -0.25) is 9.47 Å². The average molecular weight is 366 g/mol. The highest BCUT2D eigenvalue weighted by molar-refractivity contribution is 5.85. The van der Waals surface area contributed by atoms with Gasteiger partial charge in [0.2, 0.25) is 5.89 Å². The van der Waals surface area contributed by atoms with Crippen LogP contribution in [0.25, 0.3) is 11.1 Å². The number of hydrogen-bond acceptors (Lipinski definition) is 7. The molecule has 0 spiro atoms. The highest BCUT2D eigenvalue weighted by Crippen LogP contribution is 2.18. The number of aryl methyl sites for hydroxylation is 2. The molecule has 2 aromatic heterocycles. The summed E-state index contributed by atoms with van der Waals surface area (Å²) in [5.41, 5.74) is 1.36. The van der Waals surface area contributed by atoms with Gasteiger partial charge in [-0.1, -0.05) is 17.3 Å². The van der Waals surface area contributed by atoms with Gasteiger partial charge in [-0.2, -0.15) is 4.98 Å². The Balaban J connectivity index is 0.00000182. The Hall–Kier alpha value is -2.16. The first-order valence-electron chi connectivity index (χ1n) is 8.04. The number of oxazole rings is 1. The summed E-state index contributed by atoms with van der Waals surface area (Å²) in [6.07, 6.45) is 0.486. The van der Waals surface area contributed by atoms with Crippen molar-refractivity contribution in [2.75, 3.05) is 26.7 Å². The van der Waals surface area contributed by atoms with E-state index in [2.05, 4.69) is 27.4 Å². The summed E-state index contributed by atoms with van der Waals surface area (Å²) in [5, 5.41) is 7.43. The van der Waals surface area contributed by atoms with Gasteiger partial charge >= 0.3 is 5.76 Å². The van der Waals surface area contributed by atoms with Gasteiger partial charge in [-0.15, -0.1) is 12.4 Å². The molecule has 4 rings (SSSR count). The van der Waals surface area contributed by atoms with Crippen molar-refractivity contribution in [3.63, 3.8) is 0 Å². The van der Waals surface area contributed by atoms with E-state index in [1.165, 1.54) is 0 Å². The zero-order valence-corrected chi connectivity index (χ0v) is 14.7. The minimum absolute atomic E-state index is 0. The largest absolute Gasteiger partial charge is 0.419 e. The second-order valence-electron chi connectivity index (χ2n) is 5.98. The number of benzene rings is 1. The maximum atomic E-state index is 12.0. The van der Waals surface area contributed by atoms with Gasteiger partial charge in [-0.05, 0) is 19.2 Å². The van der Waals surface area contributed by atoms with Crippen LogP contribution in [-0.2, 0) is 13.0 Å². The van der Waals surface area contributed by atoms with Crippen molar-refractivity contribution in [2.24, 2.45) is 0 Å². The molecule has 1 aromatic carbocycles. The fourth-order valence-electron chi connectivity index (χ4n) is 3.03. The Morgan fingerprint density at radius 2 is 2.20 bits per heavy atom. The van der Waals surface area contributed by atoms with E-state index in [1.807, 2.05) is 18.2 Å². The van der Waals surface area contributed by atoms with Crippen molar-refractivity contribution < 1.29 is 8.94 Å². The molecule has 3 heterocycles. The lowest BCUT2D eigenvalue weighted by atomic mass is 10.2. The van der Waals surface area contributed by atoms with Gasteiger partial charge in [0, 0.05) is 32.6 Å². The standard InChI is InChI=1S/C16H19N5O3.ClH/c1-20-9-7-17-10-12(20)15-18-14(24-19-15)6-8-21-11-4-2-3-5-13(11)23-16(21)22;/h2-5,12,17H,6-10H2,1H3;1H. The number of para-hydroxylation sites is 2. The summed E-state index contributed by atoms with van der Waals surface area (Å²) in [6.45, 7) is 3.16. The van der Waals surface area contributed by atoms with E-state index in [1.54, 1.807) is 10.6 Å². The first-order chi connectivity index (χ1) is 11.7. The fourth-order valence-corrected chi connectivity index (χ4v) is 3.03. The molecule has 25 heavy (non-hydrogen) atoms. The average Bonchev–Trinajstić information content (AvgIpc) is 3.17. The summed E-state index contributed by atoms with van der Waals surface area (Å²) >= 11 is 0. The molecule has 134 valence electrons. The second kappa shape index (κ2) is 7.38. The van der Waals surface area contributed by atoms with Gasteiger partial charge in [-0.25, -0.2) is 4.79 Å². The van der Waals surface area contributed by atoms with E-state index in [0.29, 0.717) is 30.3 Å². The lowest BCUT2D eigenvalue weighted by Gasteiger charge is -2.30. The molecule has 1 fully saturated rings. The Morgan fingerprint density at radius 1 is 1.36 bits per heavy atom. The van der Waals surface area contributed by atoms with E-state index in [4.69, 9.17) is 8.94 Å². The van der Waals surface area contributed by atoms with Gasteiger partial charge < -0.3 is 14.3 Å². The summed E-state index contributed by atoms with van der Waals surface area (Å²) in [7, 11) is 2.05. The first-order valence-corrected chi connectivity index (χ1v) is 8.04. The number of nitrogens with one attached hydrogen (secondary N) is 1. The Kier molecular flexibility index (Phi) is 5.22. The van der Waals surface area contributed by atoms with Crippen LogP contribution in [0.1, 0.15) is 17.8 Å². The molecule has 1 aliphatic heterocycles. The smallest absolute Gasteiger partial charge is 0.408 e. The van der Waals surface area contributed by atoms with Crippen LogP contribution >= 0.6 is 12.4 Å². The van der Waals surface area contributed by atoms with Crippen LogP contribution < -0.4 is 11.1 Å². The minimum atomic E-state index is -0.368. The number of nitrogens with zero attached hydrogens (tertiary/aromatic N) is 4. The van der Waals surface area contributed by atoms with Crippen molar-refractivity contribution in [3.05, 3.63) is 46.5 Å². The van der Waals surface area contributed by atoms with E-state index < -0.39 is 0 Å². The number of fused-ring (bicyclic) bond motifs is 1. The predicted octanol–water partition coefficient (Wildman–Crippen LogP) is 1.22. The molecule has 1 aliphatic rings. The SMILES string of the molecule is CN1CCNCC1c1noc(CCn2c(=O)oc3ccccc32)n1.Cl. The fraction of sp³-hybridized carbons (Fsp3) is 0.438. The summed E-state index contributed by atoms with van der Waals surface area (Å²) in [4.78, 5) is 18.7. The monoisotopic (exact) mass is 365 g/mol. The van der Waals surface area contributed by atoms with Crippen molar-refractivity contribution in [2.45, 2.75) is 19.0 Å². The van der Waals surface area contributed by atoms with Gasteiger partial charge in [0.1, 0.15) is 0 Å². The van der Waals surface area contributed by atoms with Crippen LogP contribution in [0.4, 0.5) is 0 Å². The van der Waals surface area contributed by atoms with Crippen LogP contribution in [0.15, 0.2) is 38.0 Å². The predicted molar refractivity (Wildman–Crippen MR) is 94.0 cm³/mol. The van der Waals surface area contributed by atoms with Crippen LogP contribution in [0.5, 0.6) is 0 Å². The normalized spacial score (nSPS) is 18.4. The van der Waals surface area contributed by atoms with Crippen LogP contribution in [0, 0.1) is 0 Å². The highest BCUT2D eigenvalue weighted by Gasteiger charge is 2.25. The molecule has 0 bridgehead atoms. The molecule has 0 aliphatic carbocycles. The molecule has 1 saturated heterocycles. The molecule has 8 nitrogen and oxygen atoms in total. The second-order valence-corrected chi connectivity index (χ2v) is 5.98. The number of likely N-dealkylation sites (N-methyl/N-ethyl adjacent to an activating group) is 1. The lowest BCUT2D eigenvalue weighted by molar-refractivity contribution is 0.190. The molecule has 9 heteroatoms. The summed E-state index contributed by atoms with van der Waals surface area (Å²) < 4.78 is 12.2. The molecule has 0 amide bonds. The maximum absolute atomic E-state index is 12.0. The van der Waals surface area contributed by atoms with Crippen molar-refractivity contribution in [1.82, 2.24) is 24.9 Å². The third kappa shape index (κ3) is 3.46. The van der Waals surface area contributed by atoms with Gasteiger partial charge in [0.15, 0.2) is 11.4 Å². The number of aromatic nitrogens is 3. The third-order valence-corrected chi connectivity index (χ3v) is 4.42. The van der Waals surface area contributed by atoms with Crippen LogP contribution in [0.2, 0.25) is 0 Å². The number of rotatable bonds is 4. The molecular weight excluding hydrogens is 346 g/mol. The van der Waals surface area contributed by atoms with E-state index >= 15 is 0 Å². The molecule has 1 N–H and O–H groups in total. The van der Waals surface area contributed by atoms with E-state index in [-0.39, 0.29) is 24.2 Å². The van der Waals surface area contributed by atoms with Crippen molar-refractivity contribution in [1.29, 1.82) is 0 Å². The Morgan fingerprint density at radius 3 is 3.04 bits per heavy atom.